The lowest BCUT2D eigenvalue weighted by molar-refractivity contribution is 0.0960. The number of allylic oxidation sites excluding steroid dienone is 1. The van der Waals surface area contributed by atoms with E-state index < -0.39 is 0 Å². The van der Waals surface area contributed by atoms with E-state index in [-0.39, 0.29) is 0 Å². The summed E-state index contributed by atoms with van der Waals surface area (Å²) in [5.74, 6) is 0. The van der Waals surface area contributed by atoms with Gasteiger partial charge >= 0.3 is 0 Å². The van der Waals surface area contributed by atoms with Gasteiger partial charge in [-0.3, -0.25) is 4.90 Å². The first-order chi connectivity index (χ1) is 8.33. The highest BCUT2D eigenvalue weighted by Crippen LogP contribution is 2.22. The van der Waals surface area contributed by atoms with Crippen LogP contribution in [0.15, 0.2) is 11.6 Å². The normalized spacial score (nSPS) is 28.2. The molecule has 17 heavy (non-hydrogen) atoms. The van der Waals surface area contributed by atoms with Gasteiger partial charge in [0, 0.05) is 37.8 Å². The van der Waals surface area contributed by atoms with E-state index in [9.17, 15) is 0 Å². The fourth-order valence-corrected chi connectivity index (χ4v) is 2.90. The van der Waals surface area contributed by atoms with Gasteiger partial charge in [-0.1, -0.05) is 13.0 Å². The lowest BCUT2D eigenvalue weighted by atomic mass is 10.1. The molecule has 3 heteroatoms. The molecule has 1 saturated heterocycles. The highest BCUT2D eigenvalue weighted by Gasteiger charge is 2.23. The van der Waals surface area contributed by atoms with Crippen LogP contribution in [0.1, 0.15) is 32.6 Å². The third kappa shape index (κ3) is 3.31. The fraction of sp³-hybridized carbons (Fsp3) is 0.786. The molecule has 0 aromatic heterocycles. The number of likely N-dealkylation sites (N-methyl/N-ethyl adjacent to an activating group) is 1. The third-order valence-electron chi connectivity index (χ3n) is 4.13. The Kier molecular flexibility index (Phi) is 4.58. The predicted molar refractivity (Wildman–Crippen MR) is 69.6 cm³/mol. The minimum atomic E-state index is 0.680. The Labute approximate surface area is 105 Å². The van der Waals surface area contributed by atoms with Gasteiger partial charge in [-0.15, -0.1) is 0 Å². The molecule has 2 aliphatic rings. The molecule has 1 heterocycles. The molecule has 3 nitrogen and oxygen atoms in total. The second-order valence-corrected chi connectivity index (χ2v) is 5.09. The summed E-state index contributed by atoms with van der Waals surface area (Å²) >= 11 is 0. The predicted octanol–water partition coefficient (Wildman–Crippen LogP) is 2.02. The van der Waals surface area contributed by atoms with E-state index in [1.807, 2.05) is 0 Å². The van der Waals surface area contributed by atoms with Crippen LogP contribution in [-0.2, 0) is 0 Å². The van der Waals surface area contributed by atoms with Crippen molar-refractivity contribution in [3.8, 4) is 6.07 Å². The summed E-state index contributed by atoms with van der Waals surface area (Å²) in [5, 5.41) is 8.94. The lowest BCUT2D eigenvalue weighted by Gasteiger charge is -2.38. The number of nitrogens with zero attached hydrogens (tertiary/aromatic N) is 3. The Hall–Kier alpha value is -0.850. The van der Waals surface area contributed by atoms with E-state index in [4.69, 9.17) is 5.26 Å². The maximum absolute atomic E-state index is 8.94. The zero-order valence-electron chi connectivity index (χ0n) is 10.9. The molecule has 1 fully saturated rings. The topological polar surface area (TPSA) is 30.3 Å². The molecule has 0 saturated carbocycles. The van der Waals surface area contributed by atoms with Crippen LogP contribution in [0.3, 0.4) is 0 Å². The van der Waals surface area contributed by atoms with E-state index in [0.717, 1.165) is 18.4 Å². The van der Waals surface area contributed by atoms with Crippen molar-refractivity contribution < 1.29 is 0 Å². The highest BCUT2D eigenvalue weighted by molar-refractivity contribution is 5.21. The van der Waals surface area contributed by atoms with Crippen molar-refractivity contribution in [2.75, 3.05) is 32.7 Å². The van der Waals surface area contributed by atoms with Crippen LogP contribution < -0.4 is 0 Å². The van der Waals surface area contributed by atoms with Gasteiger partial charge in [-0.2, -0.15) is 5.26 Å². The summed E-state index contributed by atoms with van der Waals surface area (Å²) in [4.78, 5) is 5.15. The molecule has 94 valence electrons. The summed E-state index contributed by atoms with van der Waals surface area (Å²) in [6.07, 6.45) is 6.67. The smallest absolute Gasteiger partial charge is 0.0943 e. The van der Waals surface area contributed by atoms with Crippen LogP contribution in [0.5, 0.6) is 0 Å². The summed E-state index contributed by atoms with van der Waals surface area (Å²) < 4.78 is 0. The summed E-state index contributed by atoms with van der Waals surface area (Å²) in [5.41, 5.74) is 1.000. The van der Waals surface area contributed by atoms with Crippen LogP contribution in [0, 0.1) is 11.3 Å². The van der Waals surface area contributed by atoms with Crippen LogP contribution in [0.2, 0.25) is 0 Å². The number of rotatable bonds is 2. The average Bonchev–Trinajstić information content (AvgIpc) is 2.64. The number of hydrogen-bond acceptors (Lipinski definition) is 3. The van der Waals surface area contributed by atoms with Gasteiger partial charge in [-0.25, -0.2) is 0 Å². The molecule has 0 N–H and O–H groups in total. The van der Waals surface area contributed by atoms with Gasteiger partial charge in [-0.05, 0) is 32.2 Å². The molecular formula is C14H23N3. The first kappa shape index (κ1) is 12.6. The second-order valence-electron chi connectivity index (χ2n) is 5.09. The van der Waals surface area contributed by atoms with Crippen LogP contribution in [-0.4, -0.2) is 48.6 Å². The van der Waals surface area contributed by atoms with Gasteiger partial charge < -0.3 is 4.90 Å². The molecule has 1 unspecified atom stereocenters. The third-order valence-corrected chi connectivity index (χ3v) is 4.13. The van der Waals surface area contributed by atoms with Crippen molar-refractivity contribution in [1.29, 1.82) is 5.26 Å². The Morgan fingerprint density at radius 1 is 1.35 bits per heavy atom. The molecule has 1 atom stereocenters. The van der Waals surface area contributed by atoms with Gasteiger partial charge in [0.05, 0.1) is 6.07 Å². The number of hydrogen-bond donors (Lipinski definition) is 0. The van der Waals surface area contributed by atoms with Crippen LogP contribution in [0.4, 0.5) is 0 Å². The van der Waals surface area contributed by atoms with Gasteiger partial charge in [0.25, 0.3) is 0 Å². The van der Waals surface area contributed by atoms with Gasteiger partial charge in [0.2, 0.25) is 0 Å². The second kappa shape index (κ2) is 6.18. The fourth-order valence-electron chi connectivity index (χ4n) is 2.90. The van der Waals surface area contributed by atoms with E-state index in [2.05, 4.69) is 28.9 Å². The molecule has 0 spiro atoms. The molecule has 0 amide bonds. The average molecular weight is 233 g/mol. The first-order valence-electron chi connectivity index (χ1n) is 6.89. The zero-order chi connectivity index (χ0) is 12.1. The standard InChI is InChI=1S/C14H23N3/c1-2-16-8-10-17(11-9-16)14-5-3-4-13(12-15)6-7-14/h6,14H,2-5,7-11H2,1H3. The molecular weight excluding hydrogens is 210 g/mol. The quantitative estimate of drug-likeness (QED) is 0.731. The van der Waals surface area contributed by atoms with Crippen molar-refractivity contribution in [3.63, 3.8) is 0 Å². The van der Waals surface area contributed by atoms with Crippen molar-refractivity contribution in [2.24, 2.45) is 0 Å². The van der Waals surface area contributed by atoms with Gasteiger partial charge in [0.1, 0.15) is 0 Å². The maximum Gasteiger partial charge on any atom is 0.0943 e. The molecule has 1 aliphatic heterocycles. The lowest BCUT2D eigenvalue weighted by Crippen LogP contribution is -2.49. The Bertz CT molecular complexity index is 308. The molecule has 0 bridgehead atoms. The van der Waals surface area contributed by atoms with Crippen molar-refractivity contribution >= 4 is 0 Å². The van der Waals surface area contributed by atoms with Crippen molar-refractivity contribution in [1.82, 2.24) is 9.80 Å². The molecule has 0 aromatic carbocycles. The molecule has 1 aliphatic carbocycles. The Morgan fingerprint density at radius 3 is 2.76 bits per heavy atom. The zero-order valence-corrected chi connectivity index (χ0v) is 10.9. The monoisotopic (exact) mass is 233 g/mol. The summed E-state index contributed by atoms with van der Waals surface area (Å²) in [6.45, 7) is 8.24. The molecule has 2 rings (SSSR count). The first-order valence-corrected chi connectivity index (χ1v) is 6.89. The van der Waals surface area contributed by atoms with Crippen molar-refractivity contribution in [3.05, 3.63) is 11.6 Å². The van der Waals surface area contributed by atoms with E-state index in [0.29, 0.717) is 6.04 Å². The van der Waals surface area contributed by atoms with E-state index >= 15 is 0 Å². The van der Waals surface area contributed by atoms with Crippen molar-refractivity contribution in [2.45, 2.75) is 38.6 Å². The molecule has 0 radical (unpaired) electrons. The Morgan fingerprint density at radius 2 is 2.12 bits per heavy atom. The highest BCUT2D eigenvalue weighted by atomic mass is 15.3. The molecule has 0 aromatic rings. The van der Waals surface area contributed by atoms with Crippen LogP contribution >= 0.6 is 0 Å². The largest absolute Gasteiger partial charge is 0.301 e. The summed E-state index contributed by atoms with van der Waals surface area (Å²) in [6, 6.07) is 3.00. The SMILES string of the molecule is CCN1CCN(C2CC=C(C#N)CCC2)CC1. The maximum atomic E-state index is 8.94. The van der Waals surface area contributed by atoms with E-state index in [1.165, 1.54) is 45.6 Å². The number of piperazine rings is 1. The number of nitriles is 1. The van der Waals surface area contributed by atoms with E-state index in [1.54, 1.807) is 0 Å². The summed E-state index contributed by atoms with van der Waals surface area (Å²) in [7, 11) is 0. The minimum Gasteiger partial charge on any atom is -0.301 e. The van der Waals surface area contributed by atoms with Crippen LogP contribution in [0.25, 0.3) is 0 Å². The van der Waals surface area contributed by atoms with Gasteiger partial charge in [0.15, 0.2) is 0 Å². The Balaban J connectivity index is 1.87. The minimum absolute atomic E-state index is 0.680.